The van der Waals surface area contributed by atoms with Crippen LogP contribution in [0.2, 0.25) is 0 Å². The number of aryl methyl sites for hydroxylation is 1. The van der Waals surface area contributed by atoms with Crippen molar-refractivity contribution in [2.75, 3.05) is 11.9 Å². The summed E-state index contributed by atoms with van der Waals surface area (Å²) in [6.45, 7) is 1.88. The van der Waals surface area contributed by atoms with Gasteiger partial charge in [-0.15, -0.1) is 0 Å². The molecule has 0 saturated carbocycles. The topological polar surface area (TPSA) is 85.6 Å². The zero-order valence-electron chi connectivity index (χ0n) is 20.2. The Balaban J connectivity index is 1.54. The van der Waals surface area contributed by atoms with Gasteiger partial charge in [0.2, 0.25) is 0 Å². The fourth-order valence-corrected chi connectivity index (χ4v) is 6.08. The van der Waals surface area contributed by atoms with Gasteiger partial charge in [0, 0.05) is 16.6 Å². The number of carbonyl (C=O) groups excluding carboxylic acids is 1. The maximum absolute atomic E-state index is 13.3. The molecule has 3 aromatic carbocycles. The Morgan fingerprint density at radius 2 is 1.87 bits per heavy atom. The summed E-state index contributed by atoms with van der Waals surface area (Å²) < 4.78 is 22.6. The van der Waals surface area contributed by atoms with E-state index in [-0.39, 0.29) is 23.9 Å². The van der Waals surface area contributed by atoms with E-state index >= 15 is 0 Å². The summed E-state index contributed by atoms with van der Waals surface area (Å²) in [5.41, 5.74) is 1.67. The third-order valence-electron chi connectivity index (χ3n) is 5.45. The van der Waals surface area contributed by atoms with Gasteiger partial charge < -0.3 is 10.1 Å². The molecule has 0 bridgehead atoms. The van der Waals surface area contributed by atoms with Crippen molar-refractivity contribution in [3.8, 4) is 5.75 Å². The van der Waals surface area contributed by atoms with Gasteiger partial charge in [-0.3, -0.25) is 9.59 Å². The summed E-state index contributed by atoms with van der Waals surface area (Å²) in [4.78, 5) is 30.3. The molecule has 0 fully saturated rings. The summed E-state index contributed by atoms with van der Waals surface area (Å²) in [6, 6.07) is 14.7. The van der Waals surface area contributed by atoms with Gasteiger partial charge in [0.05, 0.1) is 24.3 Å². The molecule has 4 rings (SSSR count). The van der Waals surface area contributed by atoms with Crippen LogP contribution in [-0.2, 0) is 11.2 Å². The number of ether oxygens (including phenoxy) is 1. The molecule has 0 aliphatic carbocycles. The Morgan fingerprint density at radius 3 is 2.55 bits per heavy atom. The maximum atomic E-state index is 13.3. The van der Waals surface area contributed by atoms with E-state index in [0.717, 1.165) is 30.0 Å². The number of hydrogen-bond acceptors (Lipinski definition) is 5. The molecule has 1 heterocycles. The summed E-state index contributed by atoms with van der Waals surface area (Å²) in [6.07, 6.45) is 4.12. The highest BCUT2D eigenvalue weighted by Crippen LogP contribution is 2.28. The van der Waals surface area contributed by atoms with E-state index in [4.69, 9.17) is 9.72 Å². The third-order valence-corrected chi connectivity index (χ3v) is 7.54. The fourth-order valence-electron chi connectivity index (χ4n) is 3.59. The van der Waals surface area contributed by atoms with E-state index in [1.54, 1.807) is 12.3 Å². The van der Waals surface area contributed by atoms with Crippen LogP contribution < -0.4 is 15.6 Å². The number of fused-ring (bicyclic) bond motifs is 1. The standard InChI is InChI=1S/C27H22BrFI2N4O3/c1-2-3-4-24-34-23-10-5-17(28)13-20(23)27(37)35(24)32-14-16-11-21(30)26(22(31)12-16)38-15-25(36)33-19-8-6-18(29)7-9-19/h5-14H,2-4,15H2,1H3,(H,33,36). The normalized spacial score (nSPS) is 11.3. The van der Waals surface area contributed by atoms with Crippen LogP contribution in [0.15, 0.2) is 69.0 Å². The number of nitrogens with one attached hydrogen (secondary N) is 1. The lowest BCUT2D eigenvalue weighted by atomic mass is 10.2. The van der Waals surface area contributed by atoms with Crippen LogP contribution in [0, 0.1) is 13.0 Å². The molecule has 1 amide bonds. The Bertz CT molecular complexity index is 1550. The van der Waals surface area contributed by atoms with Gasteiger partial charge in [0.25, 0.3) is 11.5 Å². The van der Waals surface area contributed by atoms with Crippen molar-refractivity contribution < 1.29 is 13.9 Å². The fraction of sp³-hybridized carbons (Fsp3) is 0.185. The predicted molar refractivity (Wildman–Crippen MR) is 168 cm³/mol. The first kappa shape index (κ1) is 28.6. The van der Waals surface area contributed by atoms with Crippen LogP contribution in [0.4, 0.5) is 10.1 Å². The van der Waals surface area contributed by atoms with Gasteiger partial charge in [0.1, 0.15) is 17.4 Å². The van der Waals surface area contributed by atoms with Gasteiger partial charge in [0.15, 0.2) is 6.61 Å². The Kier molecular flexibility index (Phi) is 9.87. The molecule has 1 N–H and O–H groups in total. The molecular weight excluding hydrogens is 781 g/mol. The number of rotatable bonds is 9. The number of hydrogen-bond donors (Lipinski definition) is 1. The van der Waals surface area contributed by atoms with Crippen LogP contribution in [0.1, 0.15) is 31.2 Å². The molecule has 0 atom stereocenters. The molecule has 11 heteroatoms. The molecule has 0 saturated heterocycles. The minimum absolute atomic E-state index is 0.203. The number of unbranched alkanes of at least 4 members (excludes halogenated alkanes) is 1. The lowest BCUT2D eigenvalue weighted by Gasteiger charge is -2.12. The van der Waals surface area contributed by atoms with E-state index in [1.165, 1.54) is 28.9 Å². The lowest BCUT2D eigenvalue weighted by molar-refractivity contribution is -0.118. The monoisotopic (exact) mass is 802 g/mol. The summed E-state index contributed by atoms with van der Waals surface area (Å²) in [7, 11) is 0. The first-order chi connectivity index (χ1) is 18.2. The van der Waals surface area contributed by atoms with Crippen molar-refractivity contribution in [2.24, 2.45) is 5.10 Å². The largest absolute Gasteiger partial charge is 0.482 e. The molecule has 0 aliphatic heterocycles. The quantitative estimate of drug-likeness (QED) is 0.150. The molecule has 196 valence electrons. The molecule has 7 nitrogen and oxygen atoms in total. The Morgan fingerprint density at radius 1 is 1.16 bits per heavy atom. The van der Waals surface area contributed by atoms with E-state index in [1.807, 2.05) is 24.3 Å². The minimum Gasteiger partial charge on any atom is -0.482 e. The zero-order valence-corrected chi connectivity index (χ0v) is 26.1. The summed E-state index contributed by atoms with van der Waals surface area (Å²) >= 11 is 7.70. The third kappa shape index (κ3) is 7.17. The van der Waals surface area contributed by atoms with E-state index in [0.29, 0.717) is 34.6 Å². The van der Waals surface area contributed by atoms with Crippen molar-refractivity contribution in [1.82, 2.24) is 9.66 Å². The summed E-state index contributed by atoms with van der Waals surface area (Å²) in [5.74, 6) is 0.442. The van der Waals surface area contributed by atoms with E-state index < -0.39 is 0 Å². The van der Waals surface area contributed by atoms with Gasteiger partial charge in [-0.2, -0.15) is 9.78 Å². The SMILES string of the molecule is CCCCc1nc2ccc(Br)cc2c(=O)n1N=Cc1cc(I)c(OCC(=O)Nc2ccc(F)cc2)c(I)c1. The first-order valence-electron chi connectivity index (χ1n) is 11.7. The zero-order chi connectivity index (χ0) is 27.2. The number of anilines is 1. The van der Waals surface area contributed by atoms with Crippen LogP contribution in [0.5, 0.6) is 5.75 Å². The second-order valence-corrected chi connectivity index (χ2v) is 11.6. The highest BCUT2D eigenvalue weighted by Gasteiger charge is 2.13. The molecule has 0 radical (unpaired) electrons. The number of amides is 1. The molecule has 38 heavy (non-hydrogen) atoms. The number of nitrogens with zero attached hydrogens (tertiary/aromatic N) is 3. The molecule has 0 unspecified atom stereocenters. The number of carbonyl (C=O) groups is 1. The average Bonchev–Trinajstić information content (AvgIpc) is 2.88. The molecule has 0 spiro atoms. The number of halogens is 4. The smallest absolute Gasteiger partial charge is 0.282 e. The van der Waals surface area contributed by atoms with Gasteiger partial charge in [-0.05, 0) is 112 Å². The summed E-state index contributed by atoms with van der Waals surface area (Å²) in [5, 5.41) is 7.67. The lowest BCUT2D eigenvalue weighted by Crippen LogP contribution is -2.22. The number of benzene rings is 3. The second-order valence-electron chi connectivity index (χ2n) is 8.31. The number of aromatic nitrogens is 2. The maximum Gasteiger partial charge on any atom is 0.282 e. The Hall–Kier alpha value is -2.39. The van der Waals surface area contributed by atoms with Gasteiger partial charge >= 0.3 is 0 Å². The van der Waals surface area contributed by atoms with Crippen molar-refractivity contribution in [3.05, 3.63) is 93.8 Å². The van der Waals surface area contributed by atoms with Gasteiger partial charge in [-0.25, -0.2) is 9.37 Å². The van der Waals surface area contributed by atoms with Crippen molar-refractivity contribution >= 4 is 89.8 Å². The average molecular weight is 803 g/mol. The van der Waals surface area contributed by atoms with E-state index in [2.05, 4.69) is 78.5 Å². The van der Waals surface area contributed by atoms with Crippen molar-refractivity contribution in [3.63, 3.8) is 0 Å². The van der Waals surface area contributed by atoms with Crippen molar-refractivity contribution in [1.29, 1.82) is 0 Å². The highest BCUT2D eigenvalue weighted by molar-refractivity contribution is 14.1. The second kappa shape index (κ2) is 13.1. The molecular formula is C27H22BrFI2N4O3. The highest BCUT2D eigenvalue weighted by atomic mass is 127. The molecule has 1 aromatic heterocycles. The first-order valence-corrected chi connectivity index (χ1v) is 14.6. The van der Waals surface area contributed by atoms with Gasteiger partial charge in [-0.1, -0.05) is 29.3 Å². The Labute approximate surface area is 254 Å². The van der Waals surface area contributed by atoms with Crippen LogP contribution in [0.25, 0.3) is 10.9 Å². The predicted octanol–water partition coefficient (Wildman–Crippen LogP) is 6.75. The molecule has 0 aliphatic rings. The van der Waals surface area contributed by atoms with Crippen LogP contribution in [0.3, 0.4) is 0 Å². The van der Waals surface area contributed by atoms with Crippen molar-refractivity contribution in [2.45, 2.75) is 26.2 Å². The molecule has 4 aromatic rings. The van der Waals surface area contributed by atoms with Crippen LogP contribution >= 0.6 is 61.1 Å². The van der Waals surface area contributed by atoms with E-state index in [9.17, 15) is 14.0 Å². The minimum atomic E-state index is -0.376. The van der Waals surface area contributed by atoms with Crippen LogP contribution in [-0.4, -0.2) is 28.4 Å².